The Morgan fingerprint density at radius 1 is 0.333 bits per heavy atom. The summed E-state index contributed by atoms with van der Waals surface area (Å²) in [6.07, 6.45) is 0. The molecule has 18 heteroatoms. The standard InChI is InChI=1S/2C15H24O.6C2H6NO.4Mg/c2*1-10-8-11(14(2,3)4)13(16)12(9-10)15(5,6)7;6*3-1-2-4;;;;/h2*8-9,16H,1-7H3;6*1-3H2;;;;/q;;6*-1;4*+2/p+4. The summed E-state index contributed by atoms with van der Waals surface area (Å²) in [5.74, 6) is 0.427. The maximum absolute atomic E-state index is 12.4. The van der Waals surface area contributed by atoms with Gasteiger partial charge in [-0.3, -0.25) is 0 Å². The molecule has 0 fully saturated rings. The molecular formula is C42H88Mg4N6O8+6. The van der Waals surface area contributed by atoms with Gasteiger partial charge in [-0.2, -0.15) is 0 Å². The zero-order valence-corrected chi connectivity index (χ0v) is 46.8. The molecule has 14 nitrogen and oxygen atoms in total. The zero-order valence-electron chi connectivity index (χ0n) is 41.1. The van der Waals surface area contributed by atoms with E-state index >= 15 is 0 Å². The minimum atomic E-state index is -0.0803. The third-order valence-corrected chi connectivity index (χ3v) is 6.56. The second kappa shape index (κ2) is 49.1. The number of hydrogen-bond acceptors (Lipinski definition) is 8. The first kappa shape index (κ1) is 84.1. The predicted octanol–water partition coefficient (Wildman–Crippen LogP) is -8.66. The van der Waals surface area contributed by atoms with Crippen LogP contribution in [0.2, 0.25) is 0 Å². The van der Waals surface area contributed by atoms with Gasteiger partial charge in [0.15, 0.2) is 0 Å². The van der Waals surface area contributed by atoms with Crippen molar-refractivity contribution >= 4 is 92.2 Å². The van der Waals surface area contributed by atoms with Crippen LogP contribution < -0.4 is 75.3 Å². The van der Waals surface area contributed by atoms with E-state index in [0.29, 0.717) is 39.3 Å². The molecule has 0 saturated carbocycles. The van der Waals surface area contributed by atoms with Gasteiger partial charge in [-0.05, 0) is 57.8 Å². The van der Waals surface area contributed by atoms with Gasteiger partial charge in [-0.25, -0.2) is 0 Å². The second-order valence-corrected chi connectivity index (χ2v) is 16.7. The molecule has 0 radical (unpaired) electrons. The Kier molecular flexibility index (Phi) is 68.8. The molecule has 0 aliphatic rings. The molecule has 18 N–H and O–H groups in total. The molecule has 0 aliphatic carbocycles. The van der Waals surface area contributed by atoms with Gasteiger partial charge in [-0.15, -0.1) is 11.5 Å². The van der Waals surface area contributed by atoms with Gasteiger partial charge in [-0.1, -0.05) is 158 Å². The zero-order chi connectivity index (χ0) is 45.9. The van der Waals surface area contributed by atoms with Gasteiger partial charge < -0.3 is 75.3 Å². The number of benzene rings is 2. The molecular weight excluding hydrogens is 814 g/mol. The first-order valence-corrected chi connectivity index (χ1v) is 19.4. The minimum Gasteiger partial charge on any atom is -0.872 e. The van der Waals surface area contributed by atoms with Crippen molar-refractivity contribution in [1.82, 2.24) is 0 Å². The van der Waals surface area contributed by atoms with Crippen molar-refractivity contribution in [2.75, 3.05) is 78.9 Å². The van der Waals surface area contributed by atoms with Crippen LogP contribution in [0.15, 0.2) is 24.3 Å². The van der Waals surface area contributed by atoms with E-state index in [-0.39, 0.29) is 165 Å². The number of rotatable bonds is 6. The van der Waals surface area contributed by atoms with Gasteiger partial charge >= 0.3 is 92.2 Å². The third kappa shape index (κ3) is 49.6. The van der Waals surface area contributed by atoms with Crippen molar-refractivity contribution in [1.29, 1.82) is 0 Å². The molecule has 0 spiro atoms. The van der Waals surface area contributed by atoms with E-state index in [2.05, 4.69) is 131 Å². The fourth-order valence-corrected chi connectivity index (χ4v) is 3.77. The van der Waals surface area contributed by atoms with Crippen molar-refractivity contribution in [3.8, 4) is 11.5 Å². The van der Waals surface area contributed by atoms with E-state index in [4.69, 9.17) is 0 Å². The summed E-state index contributed by atoms with van der Waals surface area (Å²) in [5.41, 5.74) is 25.5. The number of quaternary nitrogens is 6. The van der Waals surface area contributed by atoms with Crippen molar-refractivity contribution in [2.45, 2.75) is 119 Å². The van der Waals surface area contributed by atoms with Crippen LogP contribution in [0.5, 0.6) is 11.5 Å². The first-order chi connectivity index (χ1) is 25.5. The number of aryl methyl sites for hydroxylation is 2. The molecule has 60 heavy (non-hydrogen) atoms. The maximum Gasteiger partial charge on any atom is 2.00 e. The van der Waals surface area contributed by atoms with E-state index in [9.17, 15) is 40.9 Å². The van der Waals surface area contributed by atoms with Crippen LogP contribution in [0.1, 0.15) is 116 Å². The molecule has 2 rings (SSSR count). The Labute approximate surface area is 430 Å². The largest absolute Gasteiger partial charge is 2.00 e. The first-order valence-electron chi connectivity index (χ1n) is 19.4. The van der Waals surface area contributed by atoms with Crippen molar-refractivity contribution in [2.24, 2.45) is 0 Å². The van der Waals surface area contributed by atoms with Crippen LogP contribution in [0.4, 0.5) is 0 Å². The Balaban J connectivity index is -0.0000000655. The van der Waals surface area contributed by atoms with Gasteiger partial charge in [0.2, 0.25) is 0 Å². The van der Waals surface area contributed by atoms with Gasteiger partial charge in [0.1, 0.15) is 0 Å². The van der Waals surface area contributed by atoms with Crippen LogP contribution in [-0.4, -0.2) is 171 Å². The minimum absolute atomic E-state index is 0. The molecule has 0 heterocycles. The van der Waals surface area contributed by atoms with E-state index < -0.39 is 0 Å². The summed E-state index contributed by atoms with van der Waals surface area (Å²) in [6.45, 7) is 32.1. The molecule has 0 saturated heterocycles. The van der Waals surface area contributed by atoms with Crippen molar-refractivity contribution < 1.29 is 75.3 Å². The molecule has 0 unspecified atom stereocenters. The quantitative estimate of drug-likeness (QED) is 0.151. The Morgan fingerprint density at radius 2 is 0.433 bits per heavy atom. The Morgan fingerprint density at radius 3 is 0.500 bits per heavy atom. The van der Waals surface area contributed by atoms with E-state index in [0.717, 1.165) is 22.3 Å². The molecule has 0 aliphatic heterocycles. The Hall–Kier alpha value is 0.625. The second-order valence-electron chi connectivity index (χ2n) is 16.7. The fourth-order valence-electron chi connectivity index (χ4n) is 3.77. The molecule has 2 aromatic carbocycles. The van der Waals surface area contributed by atoms with Crippen molar-refractivity contribution in [3.05, 3.63) is 57.6 Å². The van der Waals surface area contributed by atoms with E-state index in [1.54, 1.807) is 0 Å². The summed E-state index contributed by atoms with van der Waals surface area (Å²) >= 11 is 0. The smallest absolute Gasteiger partial charge is 0.872 e. The maximum atomic E-state index is 12.4. The van der Waals surface area contributed by atoms with Gasteiger partial charge in [0, 0.05) is 0 Å². The molecule has 0 amide bonds. The summed E-state index contributed by atoms with van der Waals surface area (Å²) in [6, 6.07) is 8.10. The SMILES string of the molecule is Cc1cc(C(C)(C)C)c([O-])c(C(C)(C)C)c1.Cc1cc(C(C)(C)C)c([O-])c(C(C)(C)C)c1.[Mg+2].[Mg+2].[Mg+2].[Mg+2].[NH3+]CC[O-].[NH3+]CC[O-].[NH3+]CC[O-].[NH3+]CC[O-].[NH3+]CC[O-].[NH3+]CC[O-]. The van der Waals surface area contributed by atoms with Crippen LogP contribution in [0.3, 0.4) is 0 Å². The molecule has 0 bridgehead atoms. The number of hydrogen-bond donors (Lipinski definition) is 6. The molecule has 2 aromatic rings. The molecule has 0 atom stereocenters. The molecule has 336 valence electrons. The molecule has 0 aromatic heterocycles. The van der Waals surface area contributed by atoms with Crippen LogP contribution in [-0.2, 0) is 21.7 Å². The average molecular weight is 902 g/mol. The van der Waals surface area contributed by atoms with Crippen LogP contribution in [0.25, 0.3) is 0 Å². The normalized spacial score (nSPS) is 9.90. The summed E-state index contributed by atoms with van der Waals surface area (Å²) < 4.78 is 0. The fraction of sp³-hybridized carbons (Fsp3) is 0.714. The van der Waals surface area contributed by atoms with Gasteiger partial charge in [0.05, 0.1) is 39.3 Å². The predicted molar refractivity (Wildman–Crippen MR) is 235 cm³/mol. The third-order valence-electron chi connectivity index (χ3n) is 6.56. The van der Waals surface area contributed by atoms with E-state index in [1.807, 2.05) is 24.3 Å². The summed E-state index contributed by atoms with van der Waals surface area (Å²) in [5, 5.41) is 80.2. The average Bonchev–Trinajstić information content (AvgIpc) is 3.12. The summed E-state index contributed by atoms with van der Waals surface area (Å²) in [7, 11) is 0. The topological polar surface area (TPSA) is 350 Å². The van der Waals surface area contributed by atoms with Crippen LogP contribution >= 0.6 is 0 Å². The van der Waals surface area contributed by atoms with Crippen LogP contribution in [0, 0.1) is 13.8 Å². The summed E-state index contributed by atoms with van der Waals surface area (Å²) in [4.78, 5) is 0. The van der Waals surface area contributed by atoms with E-state index in [1.165, 1.54) is 11.1 Å². The van der Waals surface area contributed by atoms with Gasteiger partial charge in [0.25, 0.3) is 0 Å². The monoisotopic (exact) mass is 901 g/mol. The van der Waals surface area contributed by atoms with Crippen molar-refractivity contribution in [3.63, 3.8) is 0 Å². The Bertz CT molecular complexity index is 1000.